The molecule has 1 N–H and O–H groups in total. The van der Waals surface area contributed by atoms with Crippen LogP contribution in [0.3, 0.4) is 0 Å². The first-order valence-corrected chi connectivity index (χ1v) is 12.4. The number of benzene rings is 2. The topological polar surface area (TPSA) is 58.4 Å². The van der Waals surface area contributed by atoms with Crippen LogP contribution in [0.15, 0.2) is 88.7 Å². The Bertz CT molecular complexity index is 1200. The zero-order valence-electron chi connectivity index (χ0n) is 19.9. The normalized spacial score (nSPS) is 19.0. The monoisotopic (exact) mass is 473 g/mol. The second kappa shape index (κ2) is 10.5. The second-order valence-corrected chi connectivity index (χ2v) is 9.93. The highest BCUT2D eigenvalue weighted by Crippen LogP contribution is 2.42. The van der Waals surface area contributed by atoms with Crippen LogP contribution in [0, 0.1) is 0 Å². The van der Waals surface area contributed by atoms with Gasteiger partial charge in [-0.25, -0.2) is 4.98 Å². The van der Waals surface area contributed by atoms with Gasteiger partial charge < -0.3 is 14.6 Å². The van der Waals surface area contributed by atoms with Crippen molar-refractivity contribution in [3.8, 4) is 0 Å². The van der Waals surface area contributed by atoms with Crippen LogP contribution in [0.4, 0.5) is 5.69 Å². The summed E-state index contributed by atoms with van der Waals surface area (Å²) in [4.78, 5) is 20.3. The van der Waals surface area contributed by atoms with Gasteiger partial charge in [0.1, 0.15) is 5.60 Å². The zero-order valence-corrected chi connectivity index (χ0v) is 20.8. The van der Waals surface area contributed by atoms with Crippen LogP contribution in [-0.4, -0.2) is 40.1 Å². The molecule has 1 unspecified atom stereocenters. The van der Waals surface area contributed by atoms with E-state index in [0.29, 0.717) is 16.9 Å². The summed E-state index contributed by atoms with van der Waals surface area (Å²) in [6.07, 6.45) is 10.3. The van der Waals surface area contributed by atoms with Crippen molar-refractivity contribution in [2.75, 3.05) is 19.0 Å². The number of thioether (sulfide) groups is 1. The minimum atomic E-state index is -1.29. The number of rotatable bonds is 9. The van der Waals surface area contributed by atoms with Gasteiger partial charge in [0.05, 0.1) is 4.91 Å². The molecule has 1 aliphatic carbocycles. The average molecular weight is 474 g/mol. The molecule has 0 spiro atoms. The number of aromatic nitrogens is 2. The molecule has 0 aliphatic heterocycles. The van der Waals surface area contributed by atoms with Crippen LogP contribution >= 0.6 is 11.8 Å². The number of nitrogens with zero attached hydrogens (tertiary/aromatic N) is 3. The molecule has 1 aliphatic rings. The molecule has 34 heavy (non-hydrogen) atoms. The van der Waals surface area contributed by atoms with E-state index in [1.165, 1.54) is 17.3 Å². The number of unbranched alkanes of at least 4 members (excludes halogenated alkanes) is 1. The number of imidazole rings is 1. The molecule has 4 rings (SSSR count). The summed E-state index contributed by atoms with van der Waals surface area (Å²) in [6.45, 7) is 0. The predicted molar refractivity (Wildman–Crippen MR) is 140 cm³/mol. The summed E-state index contributed by atoms with van der Waals surface area (Å²) in [7, 11) is 5.88. The lowest BCUT2D eigenvalue weighted by molar-refractivity contribution is -0.112. The minimum absolute atomic E-state index is 0.129. The molecule has 0 bridgehead atoms. The van der Waals surface area contributed by atoms with E-state index in [1.807, 2.05) is 85.3 Å². The first-order valence-electron chi connectivity index (χ1n) is 11.5. The molecule has 3 aromatic rings. The molecular weight excluding hydrogens is 442 g/mol. The third kappa shape index (κ3) is 5.51. The van der Waals surface area contributed by atoms with Gasteiger partial charge in [-0.05, 0) is 72.9 Å². The van der Waals surface area contributed by atoms with Crippen LogP contribution in [0.2, 0.25) is 0 Å². The Morgan fingerprint density at radius 2 is 1.82 bits per heavy atom. The fraction of sp³-hybridized carbons (Fsp3) is 0.286. The fourth-order valence-corrected chi connectivity index (χ4v) is 5.09. The van der Waals surface area contributed by atoms with Crippen molar-refractivity contribution in [2.45, 2.75) is 36.4 Å². The Balaban J connectivity index is 1.56. The molecule has 1 atom stereocenters. The highest BCUT2D eigenvalue weighted by atomic mass is 32.2. The lowest BCUT2D eigenvalue weighted by atomic mass is 9.89. The number of ketones is 1. The number of allylic oxidation sites excluding steroid dienone is 1. The minimum Gasteiger partial charge on any atom is -0.381 e. The zero-order chi connectivity index (χ0) is 24.1. The number of carbonyl (C=O) groups is 1. The Hall–Kier alpha value is -3.09. The van der Waals surface area contributed by atoms with E-state index in [2.05, 4.69) is 17.1 Å². The van der Waals surface area contributed by atoms with Gasteiger partial charge in [-0.15, -0.1) is 0 Å². The second-order valence-electron chi connectivity index (χ2n) is 8.92. The molecule has 1 aromatic heterocycles. The molecule has 2 aromatic carbocycles. The van der Waals surface area contributed by atoms with Crippen molar-refractivity contribution in [3.63, 3.8) is 0 Å². The maximum atomic E-state index is 13.4. The van der Waals surface area contributed by atoms with Crippen molar-refractivity contribution in [3.05, 3.63) is 94.7 Å². The van der Waals surface area contributed by atoms with E-state index in [9.17, 15) is 9.90 Å². The number of anilines is 1. The van der Waals surface area contributed by atoms with E-state index < -0.39 is 5.60 Å². The first kappa shape index (κ1) is 24.0. The predicted octanol–water partition coefficient (Wildman–Crippen LogP) is 5.27. The SMILES string of the molecule is CN(C)c1ccc(/C=C2\C(=O)C(Sc3nccn3C)=CC2(O)CCCCc2ccccc2)cc1. The van der Waals surface area contributed by atoms with Gasteiger partial charge in [0, 0.05) is 44.8 Å². The quantitative estimate of drug-likeness (QED) is 0.339. The number of aryl methyl sites for hydroxylation is 2. The van der Waals surface area contributed by atoms with E-state index in [0.717, 1.165) is 35.7 Å². The Kier molecular flexibility index (Phi) is 7.39. The van der Waals surface area contributed by atoms with E-state index in [1.54, 1.807) is 12.3 Å². The molecule has 0 radical (unpaired) electrons. The van der Waals surface area contributed by atoms with Gasteiger partial charge in [-0.3, -0.25) is 4.79 Å². The van der Waals surface area contributed by atoms with Crippen LogP contribution in [0.25, 0.3) is 6.08 Å². The molecule has 0 saturated heterocycles. The van der Waals surface area contributed by atoms with Gasteiger partial charge in [0.15, 0.2) is 10.9 Å². The van der Waals surface area contributed by atoms with E-state index >= 15 is 0 Å². The molecule has 0 amide bonds. The lowest BCUT2D eigenvalue weighted by Gasteiger charge is -2.22. The average Bonchev–Trinajstić information content (AvgIpc) is 3.34. The third-order valence-corrected chi connectivity index (χ3v) is 7.22. The van der Waals surface area contributed by atoms with Gasteiger partial charge in [-0.2, -0.15) is 0 Å². The Morgan fingerprint density at radius 3 is 2.47 bits per heavy atom. The highest BCUT2D eigenvalue weighted by Gasteiger charge is 2.42. The van der Waals surface area contributed by atoms with Crippen LogP contribution < -0.4 is 4.90 Å². The maximum absolute atomic E-state index is 13.4. The van der Waals surface area contributed by atoms with Crippen LogP contribution in [0.1, 0.15) is 30.4 Å². The van der Waals surface area contributed by atoms with Crippen LogP contribution in [0.5, 0.6) is 0 Å². The number of carbonyl (C=O) groups excluding carboxylic acids is 1. The van der Waals surface area contributed by atoms with Crippen molar-refractivity contribution < 1.29 is 9.90 Å². The fourth-order valence-electron chi connectivity index (χ4n) is 4.11. The summed E-state index contributed by atoms with van der Waals surface area (Å²) in [5.74, 6) is -0.129. The molecule has 5 nitrogen and oxygen atoms in total. The van der Waals surface area contributed by atoms with Gasteiger partial charge in [0.25, 0.3) is 0 Å². The first-order chi connectivity index (χ1) is 16.4. The summed E-state index contributed by atoms with van der Waals surface area (Å²) in [5, 5.41) is 12.4. The highest BCUT2D eigenvalue weighted by molar-refractivity contribution is 8.03. The van der Waals surface area contributed by atoms with Crippen molar-refractivity contribution in [1.82, 2.24) is 9.55 Å². The number of hydrogen-bond acceptors (Lipinski definition) is 5. The summed E-state index contributed by atoms with van der Waals surface area (Å²) in [5.41, 5.74) is 2.41. The van der Waals surface area contributed by atoms with Gasteiger partial charge in [-0.1, -0.05) is 42.5 Å². The Labute approximate surface area is 205 Å². The number of hydrogen-bond donors (Lipinski definition) is 1. The summed E-state index contributed by atoms with van der Waals surface area (Å²) in [6, 6.07) is 18.4. The summed E-state index contributed by atoms with van der Waals surface area (Å²) < 4.78 is 1.87. The number of aliphatic hydroxyl groups is 1. The van der Waals surface area contributed by atoms with Crippen molar-refractivity contribution >= 4 is 29.3 Å². The summed E-state index contributed by atoms with van der Waals surface area (Å²) >= 11 is 1.31. The lowest BCUT2D eigenvalue weighted by Crippen LogP contribution is -2.27. The van der Waals surface area contributed by atoms with Crippen LogP contribution in [-0.2, 0) is 18.3 Å². The van der Waals surface area contributed by atoms with E-state index in [4.69, 9.17) is 0 Å². The molecule has 176 valence electrons. The van der Waals surface area contributed by atoms with Gasteiger partial charge in [0.2, 0.25) is 0 Å². The van der Waals surface area contributed by atoms with Crippen molar-refractivity contribution in [1.29, 1.82) is 0 Å². The number of Topliss-reactive ketones (excluding diaryl/α,β-unsaturated/α-hetero) is 1. The van der Waals surface area contributed by atoms with Gasteiger partial charge >= 0.3 is 0 Å². The van der Waals surface area contributed by atoms with E-state index in [-0.39, 0.29) is 5.78 Å². The smallest absolute Gasteiger partial charge is 0.198 e. The molecule has 0 saturated carbocycles. The largest absolute Gasteiger partial charge is 0.381 e. The molecular formula is C28H31N3O2S. The molecule has 6 heteroatoms. The molecule has 0 fully saturated rings. The third-order valence-electron chi connectivity index (χ3n) is 6.12. The Morgan fingerprint density at radius 1 is 1.09 bits per heavy atom. The molecule has 1 heterocycles. The van der Waals surface area contributed by atoms with Crippen molar-refractivity contribution in [2.24, 2.45) is 7.05 Å². The standard InChI is InChI=1S/C28H31N3O2S/c1-30(2)23-14-12-22(13-15-23)19-24-26(32)25(34-27-29-17-18-31(27)3)20-28(24,33)16-8-7-11-21-9-5-4-6-10-21/h4-6,9-10,12-15,17-20,33H,7-8,11,16H2,1-3H3/b24-19+. The maximum Gasteiger partial charge on any atom is 0.198 e.